The average molecular weight is 441 g/mol. The summed E-state index contributed by atoms with van der Waals surface area (Å²) in [5, 5.41) is 5.50. The van der Waals surface area contributed by atoms with Gasteiger partial charge in [-0.1, -0.05) is 6.07 Å². The number of methoxy groups -OCH3 is 1. The Morgan fingerprint density at radius 3 is 2.70 bits per heavy atom. The SMILES string of the molecule is COCCN(Cc1cccs1)C(=O)CCc1c(C)nc2nc(C(F)(F)F)nn2c1C. The van der Waals surface area contributed by atoms with Crippen LogP contribution >= 0.6 is 11.3 Å². The quantitative estimate of drug-likeness (QED) is 0.536. The molecule has 0 aromatic carbocycles. The highest BCUT2D eigenvalue weighted by Crippen LogP contribution is 2.27. The second kappa shape index (κ2) is 9.09. The van der Waals surface area contributed by atoms with Crippen molar-refractivity contribution in [3.63, 3.8) is 0 Å². The van der Waals surface area contributed by atoms with Crippen molar-refractivity contribution in [2.24, 2.45) is 0 Å². The van der Waals surface area contributed by atoms with Crippen LogP contribution in [0.1, 0.15) is 34.1 Å². The summed E-state index contributed by atoms with van der Waals surface area (Å²) in [7, 11) is 1.58. The fraction of sp³-hybridized carbons (Fsp3) is 0.474. The molecule has 0 N–H and O–H groups in total. The average Bonchev–Trinajstić information content (AvgIpc) is 3.34. The summed E-state index contributed by atoms with van der Waals surface area (Å²) in [4.78, 5) is 23.3. The van der Waals surface area contributed by atoms with E-state index < -0.39 is 12.0 Å². The van der Waals surface area contributed by atoms with Crippen LogP contribution in [0.25, 0.3) is 5.78 Å². The van der Waals surface area contributed by atoms with Gasteiger partial charge in [0.2, 0.25) is 5.91 Å². The highest BCUT2D eigenvalue weighted by Gasteiger charge is 2.37. The third kappa shape index (κ3) is 4.96. The molecule has 0 fully saturated rings. The Morgan fingerprint density at radius 2 is 2.07 bits per heavy atom. The Balaban J connectivity index is 1.78. The van der Waals surface area contributed by atoms with E-state index in [-0.39, 0.29) is 18.1 Å². The van der Waals surface area contributed by atoms with Crippen LogP contribution in [-0.2, 0) is 28.7 Å². The van der Waals surface area contributed by atoms with Gasteiger partial charge in [0.15, 0.2) is 0 Å². The lowest BCUT2D eigenvalue weighted by Crippen LogP contribution is -2.33. The zero-order valence-electron chi connectivity index (χ0n) is 16.9. The Morgan fingerprint density at radius 1 is 1.30 bits per heavy atom. The number of carbonyl (C=O) groups excluding carboxylic acids is 1. The third-order valence-corrected chi connectivity index (χ3v) is 5.60. The van der Waals surface area contributed by atoms with Gasteiger partial charge in [0, 0.05) is 36.3 Å². The van der Waals surface area contributed by atoms with Crippen LogP contribution in [0.2, 0.25) is 0 Å². The Bertz CT molecular complexity index is 1020. The minimum Gasteiger partial charge on any atom is -0.383 e. The number of hydrogen-bond acceptors (Lipinski definition) is 6. The van der Waals surface area contributed by atoms with Gasteiger partial charge < -0.3 is 9.64 Å². The number of rotatable bonds is 8. The second-order valence-corrected chi connectivity index (χ2v) is 7.83. The van der Waals surface area contributed by atoms with Crippen LogP contribution in [0.3, 0.4) is 0 Å². The van der Waals surface area contributed by atoms with Crippen LogP contribution in [-0.4, -0.2) is 50.7 Å². The molecule has 1 amide bonds. The van der Waals surface area contributed by atoms with Gasteiger partial charge in [0.25, 0.3) is 11.6 Å². The zero-order chi connectivity index (χ0) is 21.9. The first kappa shape index (κ1) is 22.2. The number of aryl methyl sites for hydroxylation is 2. The predicted octanol–water partition coefficient (Wildman–Crippen LogP) is 3.43. The molecular weight excluding hydrogens is 419 g/mol. The Kier molecular flexibility index (Phi) is 6.71. The molecule has 30 heavy (non-hydrogen) atoms. The minimum absolute atomic E-state index is 0.0612. The lowest BCUT2D eigenvalue weighted by molar-refractivity contribution is -0.144. The highest BCUT2D eigenvalue weighted by atomic mass is 32.1. The van der Waals surface area contributed by atoms with Gasteiger partial charge in [0.05, 0.1) is 13.2 Å². The van der Waals surface area contributed by atoms with Crippen molar-refractivity contribution in [1.82, 2.24) is 24.5 Å². The molecule has 0 atom stereocenters. The molecule has 0 aliphatic rings. The topological polar surface area (TPSA) is 72.6 Å². The van der Waals surface area contributed by atoms with Crippen molar-refractivity contribution >= 4 is 23.0 Å². The number of thiophene rings is 1. The molecule has 0 aliphatic carbocycles. The van der Waals surface area contributed by atoms with Crippen LogP contribution in [0.4, 0.5) is 13.2 Å². The first-order valence-electron chi connectivity index (χ1n) is 9.30. The number of aromatic nitrogens is 4. The summed E-state index contributed by atoms with van der Waals surface area (Å²) in [6, 6.07) is 3.90. The number of ether oxygens (including phenoxy) is 1. The van der Waals surface area contributed by atoms with Crippen molar-refractivity contribution in [2.75, 3.05) is 20.3 Å². The van der Waals surface area contributed by atoms with Crippen molar-refractivity contribution < 1.29 is 22.7 Å². The van der Waals surface area contributed by atoms with E-state index in [1.54, 1.807) is 37.2 Å². The summed E-state index contributed by atoms with van der Waals surface area (Å²) in [5.41, 5.74) is 1.72. The van der Waals surface area contributed by atoms with E-state index in [0.29, 0.717) is 43.1 Å². The van der Waals surface area contributed by atoms with Crippen LogP contribution in [0.5, 0.6) is 0 Å². The molecule has 3 rings (SSSR count). The van der Waals surface area contributed by atoms with E-state index in [0.717, 1.165) is 9.39 Å². The molecule has 11 heteroatoms. The molecule has 0 saturated heterocycles. The summed E-state index contributed by atoms with van der Waals surface area (Å²) < 4.78 is 45.0. The molecular formula is C19H22F3N5O2S. The molecule has 7 nitrogen and oxygen atoms in total. The molecule has 0 aliphatic heterocycles. The normalized spacial score (nSPS) is 11.9. The van der Waals surface area contributed by atoms with E-state index >= 15 is 0 Å². The van der Waals surface area contributed by atoms with Crippen molar-refractivity contribution in [3.05, 3.63) is 45.2 Å². The van der Waals surface area contributed by atoms with Gasteiger partial charge >= 0.3 is 6.18 Å². The number of alkyl halides is 3. The summed E-state index contributed by atoms with van der Waals surface area (Å²) in [6.07, 6.45) is -4.10. The molecule has 3 heterocycles. The molecule has 3 aromatic heterocycles. The lowest BCUT2D eigenvalue weighted by Gasteiger charge is -2.22. The molecule has 3 aromatic rings. The molecule has 0 spiro atoms. The van der Waals surface area contributed by atoms with Gasteiger partial charge in [-0.05, 0) is 37.3 Å². The standard InChI is InChI=1S/C19H22F3N5O2S/c1-12-15(13(2)27-18(23-12)24-17(25-27)19(20,21)22)6-7-16(28)26(8-9-29-3)11-14-5-4-10-30-14/h4-5,10H,6-9,11H2,1-3H3. The number of fused-ring (bicyclic) bond motifs is 1. The van der Waals surface area contributed by atoms with E-state index in [2.05, 4.69) is 15.1 Å². The van der Waals surface area contributed by atoms with Crippen molar-refractivity contribution in [1.29, 1.82) is 0 Å². The predicted molar refractivity (Wildman–Crippen MR) is 105 cm³/mol. The van der Waals surface area contributed by atoms with Gasteiger partial charge in [-0.2, -0.15) is 18.2 Å². The second-order valence-electron chi connectivity index (χ2n) is 6.79. The number of carbonyl (C=O) groups is 1. The summed E-state index contributed by atoms with van der Waals surface area (Å²) >= 11 is 1.57. The first-order valence-corrected chi connectivity index (χ1v) is 10.2. The Hall–Kier alpha value is -2.53. The summed E-state index contributed by atoms with van der Waals surface area (Å²) in [5.74, 6) is -1.40. The molecule has 162 valence electrons. The fourth-order valence-corrected chi connectivity index (χ4v) is 3.88. The number of nitrogens with zero attached hydrogens (tertiary/aromatic N) is 5. The van der Waals surface area contributed by atoms with Gasteiger partial charge in [-0.25, -0.2) is 9.50 Å². The Labute approximate surface area is 175 Å². The first-order chi connectivity index (χ1) is 14.2. The van der Waals surface area contributed by atoms with Crippen molar-refractivity contribution in [3.8, 4) is 0 Å². The number of amides is 1. The maximum atomic E-state index is 12.9. The minimum atomic E-state index is -4.65. The molecule has 0 saturated carbocycles. The van der Waals surface area contributed by atoms with Gasteiger partial charge in [0.1, 0.15) is 0 Å². The highest BCUT2D eigenvalue weighted by molar-refractivity contribution is 7.09. The van der Waals surface area contributed by atoms with Gasteiger partial charge in [-0.15, -0.1) is 16.4 Å². The number of halogens is 3. The van der Waals surface area contributed by atoms with E-state index in [4.69, 9.17) is 4.74 Å². The van der Waals surface area contributed by atoms with E-state index in [1.165, 1.54) is 0 Å². The van der Waals surface area contributed by atoms with Crippen LogP contribution < -0.4 is 0 Å². The maximum Gasteiger partial charge on any atom is 0.453 e. The monoisotopic (exact) mass is 441 g/mol. The van der Waals surface area contributed by atoms with E-state index in [1.807, 2.05) is 17.5 Å². The number of hydrogen-bond donors (Lipinski definition) is 0. The third-order valence-electron chi connectivity index (χ3n) is 4.74. The largest absolute Gasteiger partial charge is 0.453 e. The lowest BCUT2D eigenvalue weighted by atomic mass is 10.1. The van der Waals surface area contributed by atoms with Crippen molar-refractivity contribution in [2.45, 2.75) is 39.4 Å². The van der Waals surface area contributed by atoms with Crippen LogP contribution in [0.15, 0.2) is 17.5 Å². The fourth-order valence-electron chi connectivity index (χ4n) is 3.16. The summed E-state index contributed by atoms with van der Waals surface area (Å²) in [6.45, 7) is 4.73. The zero-order valence-corrected chi connectivity index (χ0v) is 17.7. The maximum absolute atomic E-state index is 12.9. The molecule has 0 unspecified atom stereocenters. The van der Waals surface area contributed by atoms with E-state index in [9.17, 15) is 18.0 Å². The molecule has 0 bridgehead atoms. The van der Waals surface area contributed by atoms with Crippen LogP contribution in [0, 0.1) is 13.8 Å². The molecule has 0 radical (unpaired) electrons. The van der Waals surface area contributed by atoms with Gasteiger partial charge in [-0.3, -0.25) is 4.79 Å². The smallest absolute Gasteiger partial charge is 0.383 e.